The number of amides is 1. The fraction of sp³-hybridized carbons (Fsp3) is 0.455. The normalized spacial score (nSPS) is 12.3. The number of carbonyl (C=O) groups excluding carboxylic acids is 1. The van der Waals surface area contributed by atoms with Gasteiger partial charge in [-0.25, -0.2) is 4.79 Å². The summed E-state index contributed by atoms with van der Waals surface area (Å²) in [5.41, 5.74) is 1.46. The zero-order valence-electron chi connectivity index (χ0n) is 17.1. The maximum absolute atomic E-state index is 12.1. The molecule has 2 rings (SSSR count). The van der Waals surface area contributed by atoms with E-state index in [9.17, 15) is 4.79 Å². The van der Waals surface area contributed by atoms with Gasteiger partial charge in [-0.3, -0.25) is 4.98 Å². The quantitative estimate of drug-likeness (QED) is 0.702. The number of nitrogens with one attached hydrogen (secondary N) is 1. The van der Waals surface area contributed by atoms with Crippen LogP contribution in [-0.2, 0) is 22.5 Å². The molecule has 6 nitrogen and oxygen atoms in total. The lowest BCUT2D eigenvalue weighted by Crippen LogP contribution is -2.40. The van der Waals surface area contributed by atoms with Gasteiger partial charge in [0.25, 0.3) is 0 Å². The highest BCUT2D eigenvalue weighted by Gasteiger charge is 2.19. The summed E-state index contributed by atoms with van der Waals surface area (Å²) in [7, 11) is 1.65. The highest BCUT2D eigenvalue weighted by atomic mass is 16.6. The highest BCUT2D eigenvalue weighted by Crippen LogP contribution is 2.16. The Hall–Kier alpha value is -2.60. The van der Waals surface area contributed by atoms with Crippen molar-refractivity contribution in [3.05, 3.63) is 59.9 Å². The number of carbonyl (C=O) groups is 1. The Labute approximate surface area is 167 Å². The predicted molar refractivity (Wildman–Crippen MR) is 108 cm³/mol. The summed E-state index contributed by atoms with van der Waals surface area (Å²) in [4.78, 5) is 16.3. The van der Waals surface area contributed by atoms with Crippen LogP contribution in [-0.4, -0.2) is 36.4 Å². The molecule has 28 heavy (non-hydrogen) atoms. The number of benzene rings is 1. The average molecular weight is 386 g/mol. The van der Waals surface area contributed by atoms with E-state index in [1.165, 1.54) is 0 Å². The minimum absolute atomic E-state index is 0.0740. The Balaban J connectivity index is 1.90. The van der Waals surface area contributed by atoms with Crippen LogP contribution in [0.2, 0.25) is 0 Å². The van der Waals surface area contributed by atoms with Crippen molar-refractivity contribution in [2.24, 2.45) is 0 Å². The molecule has 2 aromatic rings. The third-order valence-corrected chi connectivity index (χ3v) is 3.91. The van der Waals surface area contributed by atoms with E-state index in [4.69, 9.17) is 14.2 Å². The number of aromatic nitrogens is 1. The molecule has 1 atom stereocenters. The zero-order chi connectivity index (χ0) is 20.4. The zero-order valence-corrected chi connectivity index (χ0v) is 17.1. The first-order valence-electron chi connectivity index (χ1n) is 9.46. The summed E-state index contributed by atoms with van der Waals surface area (Å²) < 4.78 is 16.3. The van der Waals surface area contributed by atoms with E-state index in [1.807, 2.05) is 63.2 Å². The maximum atomic E-state index is 12.1. The van der Waals surface area contributed by atoms with E-state index in [1.54, 1.807) is 13.3 Å². The molecule has 0 saturated heterocycles. The van der Waals surface area contributed by atoms with E-state index < -0.39 is 11.7 Å². The minimum atomic E-state index is -0.525. The number of pyridine rings is 1. The van der Waals surface area contributed by atoms with Gasteiger partial charge in [0.05, 0.1) is 5.69 Å². The summed E-state index contributed by atoms with van der Waals surface area (Å²) in [5.74, 6) is 0.781. The topological polar surface area (TPSA) is 69.7 Å². The van der Waals surface area contributed by atoms with Gasteiger partial charge in [0.15, 0.2) is 0 Å². The van der Waals surface area contributed by atoms with Crippen LogP contribution in [0.4, 0.5) is 4.79 Å². The SMILES string of the molecule is COCC[C@H](Cc1ccc(OCc2ccccn2)cc1)NC(=O)OC(C)(C)C. The molecule has 0 aliphatic heterocycles. The van der Waals surface area contributed by atoms with Crippen molar-refractivity contribution in [3.63, 3.8) is 0 Å². The summed E-state index contributed by atoms with van der Waals surface area (Å²) >= 11 is 0. The molecule has 0 aliphatic carbocycles. The molecule has 1 aromatic carbocycles. The number of nitrogens with zero attached hydrogens (tertiary/aromatic N) is 1. The smallest absolute Gasteiger partial charge is 0.407 e. The van der Waals surface area contributed by atoms with Crippen molar-refractivity contribution in [2.45, 2.75) is 51.9 Å². The van der Waals surface area contributed by atoms with Crippen molar-refractivity contribution in [2.75, 3.05) is 13.7 Å². The monoisotopic (exact) mass is 386 g/mol. The number of alkyl carbamates (subject to hydrolysis) is 1. The number of hydrogen-bond acceptors (Lipinski definition) is 5. The van der Waals surface area contributed by atoms with Gasteiger partial charge in [0, 0.05) is 26.0 Å². The number of methoxy groups -OCH3 is 1. The van der Waals surface area contributed by atoms with Crippen molar-refractivity contribution in [1.29, 1.82) is 0 Å². The van der Waals surface area contributed by atoms with E-state index in [-0.39, 0.29) is 6.04 Å². The first-order chi connectivity index (χ1) is 13.4. The second-order valence-electron chi connectivity index (χ2n) is 7.58. The number of rotatable bonds is 9. The lowest BCUT2D eigenvalue weighted by atomic mass is 10.0. The van der Waals surface area contributed by atoms with Gasteiger partial charge in [-0.1, -0.05) is 18.2 Å². The van der Waals surface area contributed by atoms with Crippen LogP contribution in [0, 0.1) is 0 Å². The Bertz CT molecular complexity index is 712. The molecule has 0 bridgehead atoms. The van der Waals surface area contributed by atoms with Gasteiger partial charge in [-0.05, 0) is 63.4 Å². The molecule has 152 valence electrons. The van der Waals surface area contributed by atoms with Crippen LogP contribution in [0.15, 0.2) is 48.7 Å². The second kappa shape index (κ2) is 10.7. The van der Waals surface area contributed by atoms with Crippen LogP contribution in [0.3, 0.4) is 0 Å². The third-order valence-electron chi connectivity index (χ3n) is 3.91. The van der Waals surface area contributed by atoms with Gasteiger partial charge < -0.3 is 19.5 Å². The number of hydrogen-bond donors (Lipinski definition) is 1. The largest absolute Gasteiger partial charge is 0.487 e. The Kier molecular flexibility index (Phi) is 8.26. The van der Waals surface area contributed by atoms with Gasteiger partial charge >= 0.3 is 6.09 Å². The standard InChI is InChI=1S/C22H30N2O4/c1-22(2,3)28-21(25)24-18(12-14-26-4)15-17-8-10-20(11-9-17)27-16-19-7-5-6-13-23-19/h5-11,13,18H,12,14-16H2,1-4H3,(H,24,25)/t18-/m1/s1. The van der Waals surface area contributed by atoms with Gasteiger partial charge in [0.2, 0.25) is 0 Å². The molecule has 1 N–H and O–H groups in total. The summed E-state index contributed by atoms with van der Waals surface area (Å²) in [6.07, 6.45) is 2.72. The molecule has 0 unspecified atom stereocenters. The summed E-state index contributed by atoms with van der Waals surface area (Å²) in [5, 5.41) is 2.94. The van der Waals surface area contributed by atoms with E-state index in [0.29, 0.717) is 26.1 Å². The van der Waals surface area contributed by atoms with E-state index >= 15 is 0 Å². The first-order valence-corrected chi connectivity index (χ1v) is 9.46. The fourth-order valence-electron chi connectivity index (χ4n) is 2.61. The maximum Gasteiger partial charge on any atom is 0.407 e. The van der Waals surface area contributed by atoms with E-state index in [0.717, 1.165) is 17.0 Å². The average Bonchev–Trinajstić information content (AvgIpc) is 2.65. The molecule has 0 spiro atoms. The molecule has 0 radical (unpaired) electrons. The van der Waals surface area contributed by atoms with Crippen LogP contribution in [0.1, 0.15) is 38.4 Å². The second-order valence-corrected chi connectivity index (χ2v) is 7.58. The molecule has 1 aromatic heterocycles. The minimum Gasteiger partial charge on any atom is -0.487 e. The molecule has 0 aliphatic rings. The van der Waals surface area contributed by atoms with Crippen molar-refractivity contribution in [3.8, 4) is 5.75 Å². The molecular weight excluding hydrogens is 356 g/mol. The lowest BCUT2D eigenvalue weighted by Gasteiger charge is -2.23. The van der Waals surface area contributed by atoms with Crippen LogP contribution >= 0.6 is 0 Å². The van der Waals surface area contributed by atoms with E-state index in [2.05, 4.69) is 10.3 Å². The molecule has 6 heteroatoms. The van der Waals surface area contributed by atoms with Crippen molar-refractivity contribution >= 4 is 6.09 Å². The fourth-order valence-corrected chi connectivity index (χ4v) is 2.61. The van der Waals surface area contributed by atoms with Gasteiger partial charge in [-0.2, -0.15) is 0 Å². The molecule has 1 heterocycles. The van der Waals surface area contributed by atoms with Crippen LogP contribution in [0.5, 0.6) is 5.75 Å². The molecule has 0 fully saturated rings. The summed E-state index contributed by atoms with van der Waals surface area (Å²) in [6.45, 7) is 6.53. The lowest BCUT2D eigenvalue weighted by molar-refractivity contribution is 0.0493. The van der Waals surface area contributed by atoms with Crippen LogP contribution in [0.25, 0.3) is 0 Å². The van der Waals surface area contributed by atoms with Crippen LogP contribution < -0.4 is 10.1 Å². The molecule has 0 saturated carbocycles. The Morgan fingerprint density at radius 1 is 1.14 bits per heavy atom. The summed E-state index contributed by atoms with van der Waals surface area (Å²) in [6, 6.07) is 13.5. The Morgan fingerprint density at radius 2 is 1.89 bits per heavy atom. The molecule has 1 amide bonds. The third kappa shape index (κ3) is 8.39. The predicted octanol–water partition coefficient (Wildman–Crippen LogP) is 4.13. The van der Waals surface area contributed by atoms with Gasteiger partial charge in [0.1, 0.15) is 18.0 Å². The van der Waals surface area contributed by atoms with Gasteiger partial charge in [-0.15, -0.1) is 0 Å². The molecular formula is C22H30N2O4. The first kappa shape index (κ1) is 21.7. The van der Waals surface area contributed by atoms with Crippen molar-refractivity contribution in [1.82, 2.24) is 10.3 Å². The Morgan fingerprint density at radius 3 is 2.50 bits per heavy atom. The highest BCUT2D eigenvalue weighted by molar-refractivity contribution is 5.68. The van der Waals surface area contributed by atoms with Crippen molar-refractivity contribution < 1.29 is 19.0 Å². The number of ether oxygens (including phenoxy) is 3.